The molecule has 1 aliphatic heterocycles. The number of hydrazine groups is 1. The Hall–Kier alpha value is -3.27. The largest absolute Gasteiger partial charge is 0.344 e. The monoisotopic (exact) mass is 438 g/mol. The first-order chi connectivity index (χ1) is 15.0. The first kappa shape index (κ1) is 19.7. The van der Waals surface area contributed by atoms with E-state index in [9.17, 15) is 14.4 Å². The number of fused-ring (bicyclic) bond motifs is 1. The van der Waals surface area contributed by atoms with Crippen LogP contribution in [0.15, 0.2) is 35.2 Å². The lowest BCUT2D eigenvalue weighted by Crippen LogP contribution is -2.52. The van der Waals surface area contributed by atoms with Crippen LogP contribution in [0.25, 0.3) is 22.6 Å². The standard InChI is InChI=1S/C21H22N6O3S/c1-13-6-8-21(9-7-13)19(29)27(20(30)24-21)25-17(28)10-26-16-5-3-2-4-14(16)23-18(26)15-11-31-12-22-15/h2-5,11-13H,6-10H2,1H3,(H,24,30)(H,25,28). The highest BCUT2D eigenvalue weighted by atomic mass is 32.1. The third-order valence-electron chi connectivity index (χ3n) is 6.14. The first-order valence-electron chi connectivity index (χ1n) is 10.3. The summed E-state index contributed by atoms with van der Waals surface area (Å²) in [5.41, 5.74) is 5.49. The summed E-state index contributed by atoms with van der Waals surface area (Å²) in [4.78, 5) is 47.3. The molecule has 1 aromatic carbocycles. The minimum absolute atomic E-state index is 0.103. The Bertz CT molecular complexity index is 1160. The fraction of sp³-hybridized carbons (Fsp3) is 0.381. The Morgan fingerprint density at radius 3 is 2.81 bits per heavy atom. The second-order valence-corrected chi connectivity index (χ2v) is 8.97. The zero-order valence-electron chi connectivity index (χ0n) is 17.0. The van der Waals surface area contributed by atoms with Gasteiger partial charge < -0.3 is 9.88 Å². The molecule has 1 aliphatic carbocycles. The number of nitrogens with zero attached hydrogens (tertiary/aromatic N) is 4. The Morgan fingerprint density at radius 2 is 2.06 bits per heavy atom. The van der Waals surface area contributed by atoms with Gasteiger partial charge in [0.1, 0.15) is 17.8 Å². The lowest BCUT2D eigenvalue weighted by molar-refractivity contribution is -0.140. The highest BCUT2D eigenvalue weighted by molar-refractivity contribution is 7.07. The molecule has 9 nitrogen and oxygen atoms in total. The van der Waals surface area contributed by atoms with Crippen LogP contribution < -0.4 is 10.7 Å². The number of imidazole rings is 1. The van der Waals surface area contributed by atoms with Crippen LogP contribution in [0, 0.1) is 5.92 Å². The Morgan fingerprint density at radius 1 is 1.29 bits per heavy atom. The Labute approximate surface area is 182 Å². The lowest BCUT2D eigenvalue weighted by atomic mass is 9.77. The van der Waals surface area contributed by atoms with Gasteiger partial charge in [-0.2, -0.15) is 5.01 Å². The van der Waals surface area contributed by atoms with Crippen LogP contribution in [-0.4, -0.2) is 42.9 Å². The summed E-state index contributed by atoms with van der Waals surface area (Å²) in [6.45, 7) is 2.04. The predicted octanol–water partition coefficient (Wildman–Crippen LogP) is 2.69. The van der Waals surface area contributed by atoms with E-state index in [4.69, 9.17) is 0 Å². The van der Waals surface area contributed by atoms with Crippen molar-refractivity contribution in [2.24, 2.45) is 5.92 Å². The van der Waals surface area contributed by atoms with E-state index in [0.29, 0.717) is 30.3 Å². The van der Waals surface area contributed by atoms with Gasteiger partial charge in [-0.1, -0.05) is 19.1 Å². The highest BCUT2D eigenvalue weighted by Gasteiger charge is 2.52. The Kier molecular flexibility index (Phi) is 4.73. The van der Waals surface area contributed by atoms with Gasteiger partial charge in [0, 0.05) is 5.38 Å². The molecule has 1 spiro atoms. The van der Waals surface area contributed by atoms with Crippen molar-refractivity contribution in [3.05, 3.63) is 35.2 Å². The van der Waals surface area contributed by atoms with Gasteiger partial charge in [-0.05, 0) is 43.7 Å². The molecule has 10 heteroatoms. The number of rotatable bonds is 4. The van der Waals surface area contributed by atoms with Crippen molar-refractivity contribution >= 4 is 40.2 Å². The van der Waals surface area contributed by atoms with Gasteiger partial charge in [0.25, 0.3) is 11.8 Å². The maximum atomic E-state index is 13.0. The van der Waals surface area contributed by atoms with Gasteiger partial charge in [0.2, 0.25) is 0 Å². The molecule has 0 bridgehead atoms. The van der Waals surface area contributed by atoms with Crippen LogP contribution in [0.4, 0.5) is 4.79 Å². The quantitative estimate of drug-likeness (QED) is 0.609. The van der Waals surface area contributed by atoms with E-state index in [1.807, 2.05) is 29.6 Å². The molecule has 5 rings (SSSR count). The van der Waals surface area contributed by atoms with Crippen molar-refractivity contribution in [1.29, 1.82) is 0 Å². The molecule has 2 aliphatic rings. The van der Waals surface area contributed by atoms with Crippen LogP contribution in [-0.2, 0) is 16.1 Å². The molecule has 2 N–H and O–H groups in total. The minimum atomic E-state index is -0.898. The maximum Gasteiger partial charge on any atom is 0.344 e. The number of amides is 4. The predicted molar refractivity (Wildman–Crippen MR) is 115 cm³/mol. The minimum Gasteiger partial charge on any atom is -0.322 e. The molecular formula is C21H22N6O3S. The average molecular weight is 439 g/mol. The molecule has 4 amide bonds. The third kappa shape index (κ3) is 3.36. The molecule has 3 heterocycles. The number of nitrogens with one attached hydrogen (secondary N) is 2. The summed E-state index contributed by atoms with van der Waals surface area (Å²) in [6.07, 6.45) is 2.91. The summed E-state index contributed by atoms with van der Waals surface area (Å²) in [7, 11) is 0. The van der Waals surface area contributed by atoms with Crippen LogP contribution in [0.1, 0.15) is 32.6 Å². The molecule has 0 radical (unpaired) electrons. The van der Waals surface area contributed by atoms with Crippen LogP contribution in [0.3, 0.4) is 0 Å². The summed E-state index contributed by atoms with van der Waals surface area (Å²) in [5.74, 6) is 0.225. The number of para-hydroxylation sites is 2. The zero-order valence-corrected chi connectivity index (χ0v) is 17.8. The molecular weight excluding hydrogens is 416 g/mol. The highest BCUT2D eigenvalue weighted by Crippen LogP contribution is 2.35. The van der Waals surface area contributed by atoms with Crippen molar-refractivity contribution in [2.45, 2.75) is 44.7 Å². The van der Waals surface area contributed by atoms with E-state index >= 15 is 0 Å². The second-order valence-electron chi connectivity index (χ2n) is 8.25. The molecule has 2 fully saturated rings. The van der Waals surface area contributed by atoms with Crippen molar-refractivity contribution in [3.8, 4) is 11.5 Å². The normalized spacial score (nSPS) is 23.5. The average Bonchev–Trinajstić information content (AvgIpc) is 3.46. The fourth-order valence-electron chi connectivity index (χ4n) is 4.37. The molecule has 2 aromatic heterocycles. The molecule has 1 saturated heterocycles. The number of urea groups is 1. The molecule has 160 valence electrons. The zero-order chi connectivity index (χ0) is 21.6. The number of carbonyl (C=O) groups excluding carboxylic acids is 3. The van der Waals surface area contributed by atoms with Gasteiger partial charge in [-0.3, -0.25) is 15.0 Å². The summed E-state index contributed by atoms with van der Waals surface area (Å²) < 4.78 is 1.75. The fourth-order valence-corrected chi connectivity index (χ4v) is 4.90. The summed E-state index contributed by atoms with van der Waals surface area (Å²) in [5, 5.41) is 5.51. The number of aromatic nitrogens is 3. The molecule has 0 unspecified atom stereocenters. The van der Waals surface area contributed by atoms with Crippen LogP contribution >= 0.6 is 11.3 Å². The summed E-state index contributed by atoms with van der Waals surface area (Å²) >= 11 is 1.44. The van der Waals surface area contributed by atoms with Gasteiger partial charge in [-0.15, -0.1) is 11.3 Å². The third-order valence-corrected chi connectivity index (χ3v) is 6.73. The first-order valence-corrected chi connectivity index (χ1v) is 11.2. The number of hydrogen-bond acceptors (Lipinski definition) is 6. The number of hydrogen-bond donors (Lipinski definition) is 2. The van der Waals surface area contributed by atoms with Crippen molar-refractivity contribution < 1.29 is 14.4 Å². The van der Waals surface area contributed by atoms with Gasteiger partial charge in [0.15, 0.2) is 5.82 Å². The SMILES string of the molecule is CC1CCC2(CC1)NC(=O)N(NC(=O)Cn1c(-c3cscn3)nc3ccccc31)C2=O. The number of imide groups is 1. The van der Waals surface area contributed by atoms with E-state index in [0.717, 1.165) is 28.9 Å². The van der Waals surface area contributed by atoms with E-state index in [2.05, 4.69) is 27.6 Å². The van der Waals surface area contributed by atoms with E-state index in [1.165, 1.54) is 11.3 Å². The summed E-state index contributed by atoms with van der Waals surface area (Å²) in [6, 6.07) is 6.90. The second kappa shape index (κ2) is 7.45. The number of benzene rings is 1. The van der Waals surface area contributed by atoms with Crippen molar-refractivity contribution in [1.82, 2.24) is 30.3 Å². The van der Waals surface area contributed by atoms with Crippen LogP contribution in [0.5, 0.6) is 0 Å². The Balaban J connectivity index is 1.38. The van der Waals surface area contributed by atoms with Gasteiger partial charge in [-0.25, -0.2) is 14.8 Å². The van der Waals surface area contributed by atoms with E-state index < -0.39 is 17.5 Å². The lowest BCUT2D eigenvalue weighted by Gasteiger charge is -2.33. The van der Waals surface area contributed by atoms with Gasteiger partial charge in [0.05, 0.1) is 16.5 Å². The van der Waals surface area contributed by atoms with Crippen molar-refractivity contribution in [2.75, 3.05) is 0 Å². The van der Waals surface area contributed by atoms with Gasteiger partial charge >= 0.3 is 6.03 Å². The topological polar surface area (TPSA) is 109 Å². The number of carbonyl (C=O) groups is 3. The van der Waals surface area contributed by atoms with Crippen LogP contribution in [0.2, 0.25) is 0 Å². The molecule has 1 saturated carbocycles. The maximum absolute atomic E-state index is 13.0. The van der Waals surface area contributed by atoms with E-state index in [-0.39, 0.29) is 12.5 Å². The van der Waals surface area contributed by atoms with E-state index in [1.54, 1.807) is 10.1 Å². The molecule has 31 heavy (non-hydrogen) atoms. The number of thiazole rings is 1. The van der Waals surface area contributed by atoms with Crippen molar-refractivity contribution in [3.63, 3.8) is 0 Å². The molecule has 3 aromatic rings. The smallest absolute Gasteiger partial charge is 0.322 e. The molecule has 0 atom stereocenters.